The van der Waals surface area contributed by atoms with Gasteiger partial charge in [0.05, 0.1) is 38.0 Å². The molecule has 0 atom stereocenters. The van der Waals surface area contributed by atoms with Crippen LogP contribution in [0.5, 0.6) is 17.2 Å². The summed E-state index contributed by atoms with van der Waals surface area (Å²) in [6.07, 6.45) is -1.26. The van der Waals surface area contributed by atoms with Crippen molar-refractivity contribution in [2.75, 3.05) is 55.8 Å². The second kappa shape index (κ2) is 17.9. The Hall–Kier alpha value is -3.48. The predicted octanol–water partition coefficient (Wildman–Crippen LogP) is 5.90. The van der Waals surface area contributed by atoms with Gasteiger partial charge in [-0.25, -0.2) is 14.4 Å². The molecule has 0 N–H and O–H groups in total. The van der Waals surface area contributed by atoms with E-state index in [1.54, 1.807) is 129 Å². The van der Waals surface area contributed by atoms with Crippen molar-refractivity contribution in [3.63, 3.8) is 0 Å². The number of carbonyl (C=O) groups is 3. The van der Waals surface area contributed by atoms with Gasteiger partial charge in [-0.3, -0.25) is 0 Å². The van der Waals surface area contributed by atoms with Crippen molar-refractivity contribution in [3.8, 4) is 17.2 Å². The van der Waals surface area contributed by atoms with Crippen molar-refractivity contribution in [1.29, 1.82) is 0 Å². The molecule has 0 aromatic heterocycles. The summed E-state index contributed by atoms with van der Waals surface area (Å²) >= 11 is 4.70. The minimum absolute atomic E-state index is 0.419. The van der Waals surface area contributed by atoms with Gasteiger partial charge in [0.2, 0.25) is 0 Å². The van der Waals surface area contributed by atoms with Crippen molar-refractivity contribution >= 4 is 53.2 Å². The van der Waals surface area contributed by atoms with E-state index in [2.05, 4.69) is 0 Å². The van der Waals surface area contributed by atoms with Crippen LogP contribution in [0.1, 0.15) is 31.1 Å². The number of carbonyl (C=O) groups excluding carboxylic acids is 3. The maximum Gasteiger partial charge on any atom is 0.338 e. The van der Waals surface area contributed by atoms with Crippen LogP contribution in [0.3, 0.4) is 0 Å². The Morgan fingerprint density at radius 2 is 0.667 bits per heavy atom. The van der Waals surface area contributed by atoms with Crippen molar-refractivity contribution in [2.45, 2.75) is 18.3 Å². The fourth-order valence-corrected chi connectivity index (χ4v) is 7.73. The Morgan fingerprint density at radius 1 is 0.444 bits per heavy atom. The molecule has 3 aromatic rings. The van der Waals surface area contributed by atoms with Gasteiger partial charge in [-0.1, -0.05) is 0 Å². The molecular weight excluding hydrogens is 637 g/mol. The second-order valence-electron chi connectivity index (χ2n) is 9.88. The van der Waals surface area contributed by atoms with Gasteiger partial charge in [-0.05, 0) is 72.8 Å². The molecule has 1 fully saturated rings. The zero-order valence-electron chi connectivity index (χ0n) is 25.3. The molecule has 1 aliphatic heterocycles. The third kappa shape index (κ3) is 10.8. The first-order valence-corrected chi connectivity index (χ1v) is 17.6. The number of hydrogen-bond acceptors (Lipinski definition) is 12. The Bertz CT molecular complexity index is 1200. The SMILES string of the molecule is COc1ccc(C(=O)OC2CSCC(OC(=O)c3ccc(OC)cc3)CSCC(OC(=O)c3ccc(OC)cc3)CSC2)cc1. The van der Waals surface area contributed by atoms with Crippen LogP contribution in [0.15, 0.2) is 72.8 Å². The van der Waals surface area contributed by atoms with Crippen molar-refractivity contribution in [1.82, 2.24) is 0 Å². The van der Waals surface area contributed by atoms with Crippen LogP contribution < -0.4 is 14.2 Å². The molecule has 0 saturated carbocycles. The molecule has 4 rings (SSSR count). The van der Waals surface area contributed by atoms with E-state index >= 15 is 0 Å². The maximum absolute atomic E-state index is 13.0. The molecule has 0 amide bonds. The van der Waals surface area contributed by atoms with Crippen LogP contribution in [-0.4, -0.2) is 92.1 Å². The quantitative estimate of drug-likeness (QED) is 0.200. The number of methoxy groups -OCH3 is 3. The van der Waals surface area contributed by atoms with Crippen molar-refractivity contribution in [2.24, 2.45) is 0 Å². The molecule has 0 unspecified atom stereocenters. The van der Waals surface area contributed by atoms with Gasteiger partial charge in [0, 0.05) is 34.5 Å². The predicted molar refractivity (Wildman–Crippen MR) is 179 cm³/mol. The molecule has 1 saturated heterocycles. The van der Waals surface area contributed by atoms with E-state index in [0.717, 1.165) is 0 Å². The summed E-state index contributed by atoms with van der Waals surface area (Å²) in [7, 11) is 4.69. The van der Waals surface area contributed by atoms with Crippen LogP contribution in [0.25, 0.3) is 0 Å². The normalized spacial score (nSPS) is 19.1. The minimum atomic E-state index is -0.434. The first kappa shape index (κ1) is 34.4. The molecule has 1 aliphatic rings. The molecule has 0 aliphatic carbocycles. The van der Waals surface area contributed by atoms with E-state index in [-0.39, 0.29) is 0 Å². The summed E-state index contributed by atoms with van der Waals surface area (Å²) in [5.41, 5.74) is 1.27. The Morgan fingerprint density at radius 3 is 0.867 bits per heavy atom. The minimum Gasteiger partial charge on any atom is -0.497 e. The molecule has 0 bridgehead atoms. The highest BCUT2D eigenvalue weighted by molar-refractivity contribution is 8.01. The van der Waals surface area contributed by atoms with Crippen molar-refractivity contribution < 1.29 is 42.8 Å². The Balaban J connectivity index is 1.44. The standard InChI is InChI=1S/C33H36O9S3/c1-37-25-10-4-22(5-11-25)31(34)40-28-16-43-18-29(41-32(35)23-6-12-26(38-2)13-7-23)20-45-21-30(19-44-17-28)42-33(36)24-8-14-27(39-3)15-9-24/h4-15,28-30H,16-21H2,1-3H3. The van der Waals surface area contributed by atoms with Gasteiger partial charge in [-0.2, -0.15) is 35.3 Å². The molecule has 0 spiro atoms. The van der Waals surface area contributed by atoms with Gasteiger partial charge in [0.25, 0.3) is 0 Å². The zero-order chi connectivity index (χ0) is 32.0. The van der Waals surface area contributed by atoms with Crippen LogP contribution in [0.2, 0.25) is 0 Å². The molecular formula is C33H36O9S3. The summed E-state index contributed by atoms with van der Waals surface area (Å²) in [4.78, 5) is 38.9. The van der Waals surface area contributed by atoms with Gasteiger partial charge >= 0.3 is 17.9 Å². The van der Waals surface area contributed by atoms with E-state index in [1.807, 2.05) is 0 Å². The fraction of sp³-hybridized carbons (Fsp3) is 0.364. The van der Waals surface area contributed by atoms with E-state index in [1.165, 1.54) is 0 Å². The highest BCUT2D eigenvalue weighted by atomic mass is 32.2. The summed E-state index contributed by atoms with van der Waals surface area (Å²) in [6.45, 7) is 0. The van der Waals surface area contributed by atoms with Crippen LogP contribution >= 0.6 is 35.3 Å². The molecule has 12 heteroatoms. The lowest BCUT2D eigenvalue weighted by atomic mass is 10.2. The highest BCUT2D eigenvalue weighted by Gasteiger charge is 2.24. The highest BCUT2D eigenvalue weighted by Crippen LogP contribution is 2.24. The Kier molecular flexibility index (Phi) is 13.7. The number of rotatable bonds is 9. The topological polar surface area (TPSA) is 107 Å². The lowest BCUT2D eigenvalue weighted by molar-refractivity contribution is 0.0393. The number of esters is 3. The van der Waals surface area contributed by atoms with E-state index in [9.17, 15) is 14.4 Å². The largest absolute Gasteiger partial charge is 0.497 e. The first-order valence-electron chi connectivity index (χ1n) is 14.2. The summed E-state index contributed by atoms with van der Waals surface area (Å²) in [5, 5.41) is 0. The molecule has 0 radical (unpaired) electrons. The number of ether oxygens (including phenoxy) is 6. The van der Waals surface area contributed by atoms with Gasteiger partial charge in [-0.15, -0.1) is 0 Å². The van der Waals surface area contributed by atoms with E-state index in [0.29, 0.717) is 68.5 Å². The zero-order valence-corrected chi connectivity index (χ0v) is 27.8. The van der Waals surface area contributed by atoms with Gasteiger partial charge in [0.15, 0.2) is 0 Å². The number of benzene rings is 3. The summed E-state index contributed by atoms with van der Waals surface area (Å²) in [6, 6.07) is 20.2. The van der Waals surface area contributed by atoms with E-state index < -0.39 is 36.2 Å². The van der Waals surface area contributed by atoms with Crippen LogP contribution in [0.4, 0.5) is 0 Å². The molecule has 45 heavy (non-hydrogen) atoms. The molecule has 1 heterocycles. The number of hydrogen-bond donors (Lipinski definition) is 0. The summed E-state index contributed by atoms with van der Waals surface area (Å²) < 4.78 is 33.3. The lowest BCUT2D eigenvalue weighted by Crippen LogP contribution is -2.30. The van der Waals surface area contributed by atoms with Gasteiger partial charge < -0.3 is 28.4 Å². The molecule has 240 valence electrons. The van der Waals surface area contributed by atoms with Crippen LogP contribution in [0, 0.1) is 0 Å². The fourth-order valence-electron chi connectivity index (χ4n) is 4.18. The van der Waals surface area contributed by atoms with Crippen LogP contribution in [-0.2, 0) is 14.2 Å². The lowest BCUT2D eigenvalue weighted by Gasteiger charge is -2.24. The number of thioether (sulfide) groups is 3. The molecule has 9 nitrogen and oxygen atoms in total. The average Bonchev–Trinajstić information content (AvgIpc) is 3.07. The molecule has 3 aromatic carbocycles. The van der Waals surface area contributed by atoms with Crippen molar-refractivity contribution in [3.05, 3.63) is 89.5 Å². The second-order valence-corrected chi connectivity index (χ2v) is 13.1. The first-order chi connectivity index (χ1) is 21.9. The summed E-state index contributed by atoms with van der Waals surface area (Å²) in [5.74, 6) is 3.67. The monoisotopic (exact) mass is 672 g/mol. The Labute approximate surface area is 276 Å². The third-order valence-electron chi connectivity index (χ3n) is 6.62. The average molecular weight is 673 g/mol. The third-order valence-corrected chi connectivity index (χ3v) is 10.3. The van der Waals surface area contributed by atoms with Gasteiger partial charge in [0.1, 0.15) is 35.6 Å². The maximum atomic E-state index is 13.0. The smallest absolute Gasteiger partial charge is 0.338 e. The van der Waals surface area contributed by atoms with E-state index in [4.69, 9.17) is 28.4 Å².